The molecule has 0 aliphatic heterocycles. The van der Waals surface area contributed by atoms with Gasteiger partial charge < -0.3 is 0 Å². The summed E-state index contributed by atoms with van der Waals surface area (Å²) < 4.78 is 28.4. The van der Waals surface area contributed by atoms with Crippen LogP contribution in [-0.4, -0.2) is 25.8 Å². The molecule has 0 radical (unpaired) electrons. The molecule has 4 nitrogen and oxygen atoms in total. The maximum absolute atomic E-state index is 11.8. The van der Waals surface area contributed by atoms with Crippen molar-refractivity contribution in [3.05, 3.63) is 20.8 Å². The molecule has 0 fully saturated rings. The van der Waals surface area contributed by atoms with Crippen molar-refractivity contribution in [3.63, 3.8) is 0 Å². The number of nitrogens with zero attached hydrogens (tertiary/aromatic N) is 1. The first-order chi connectivity index (χ1) is 7.34. The second kappa shape index (κ2) is 5.59. The lowest BCUT2D eigenvalue weighted by Crippen LogP contribution is -2.41. The minimum atomic E-state index is -3.38. The number of rotatable bonds is 5. The average Bonchev–Trinajstić information content (AvgIpc) is 2.60. The maximum Gasteiger partial charge on any atom is 0.279 e. The van der Waals surface area contributed by atoms with Crippen molar-refractivity contribution in [1.82, 2.24) is 9.03 Å². The normalized spacial score (nSPS) is 12.6. The fourth-order valence-corrected chi connectivity index (χ4v) is 3.60. The van der Waals surface area contributed by atoms with Crippen molar-refractivity contribution >= 4 is 37.5 Å². The summed E-state index contributed by atoms with van der Waals surface area (Å²) in [5, 5.41) is 1.92. The van der Waals surface area contributed by atoms with Crippen LogP contribution >= 0.6 is 27.3 Å². The van der Waals surface area contributed by atoms with Crippen molar-refractivity contribution in [2.45, 2.75) is 26.4 Å². The summed E-state index contributed by atoms with van der Waals surface area (Å²) in [6, 6.07) is 1.85. The van der Waals surface area contributed by atoms with Gasteiger partial charge in [0.15, 0.2) is 0 Å². The first-order valence-electron chi connectivity index (χ1n) is 4.79. The number of hydrogen-bond acceptors (Lipinski definition) is 3. The highest BCUT2D eigenvalue weighted by atomic mass is 79.9. The number of nitrogens with one attached hydrogen (secondary N) is 1. The standard InChI is InChI=1S/C9H15BrN2O2S2/c1-7(2)12(3)16(13,14)11-6-9-8(10)4-5-15-9/h4-5,7,11H,6H2,1-3H3. The van der Waals surface area contributed by atoms with Crippen molar-refractivity contribution < 1.29 is 8.42 Å². The molecule has 0 saturated carbocycles. The molecule has 92 valence electrons. The Hall–Kier alpha value is 0.0500. The molecule has 0 unspecified atom stereocenters. The molecule has 0 aromatic carbocycles. The zero-order chi connectivity index (χ0) is 12.3. The molecular formula is C9H15BrN2O2S2. The molecule has 16 heavy (non-hydrogen) atoms. The molecule has 0 amide bonds. The van der Waals surface area contributed by atoms with Gasteiger partial charge in [-0.3, -0.25) is 0 Å². The van der Waals surface area contributed by atoms with Gasteiger partial charge in [0.1, 0.15) is 0 Å². The minimum Gasteiger partial charge on any atom is -0.197 e. The van der Waals surface area contributed by atoms with Crippen LogP contribution in [0.5, 0.6) is 0 Å². The summed E-state index contributed by atoms with van der Waals surface area (Å²) in [4.78, 5) is 0.973. The van der Waals surface area contributed by atoms with Crippen molar-refractivity contribution in [1.29, 1.82) is 0 Å². The smallest absolute Gasteiger partial charge is 0.197 e. The third kappa shape index (κ3) is 3.53. The topological polar surface area (TPSA) is 49.4 Å². The van der Waals surface area contributed by atoms with Crippen molar-refractivity contribution in [2.75, 3.05) is 7.05 Å². The van der Waals surface area contributed by atoms with Crippen LogP contribution in [-0.2, 0) is 16.8 Å². The third-order valence-electron chi connectivity index (χ3n) is 2.21. The number of halogens is 1. The van der Waals surface area contributed by atoms with Crippen LogP contribution in [0.15, 0.2) is 15.9 Å². The summed E-state index contributed by atoms with van der Waals surface area (Å²) in [6.07, 6.45) is 0. The molecule has 1 N–H and O–H groups in total. The lowest BCUT2D eigenvalue weighted by molar-refractivity contribution is 0.402. The van der Waals surface area contributed by atoms with E-state index in [0.29, 0.717) is 6.54 Å². The Bertz CT molecular complexity index is 442. The summed E-state index contributed by atoms with van der Waals surface area (Å²) in [5.74, 6) is 0. The van der Waals surface area contributed by atoms with Gasteiger partial charge in [-0.05, 0) is 41.2 Å². The predicted molar refractivity (Wildman–Crippen MR) is 70.7 cm³/mol. The zero-order valence-electron chi connectivity index (χ0n) is 9.40. The lowest BCUT2D eigenvalue weighted by atomic mass is 10.4. The summed E-state index contributed by atoms with van der Waals surface area (Å²) in [5.41, 5.74) is 0. The van der Waals surface area contributed by atoms with E-state index < -0.39 is 10.2 Å². The first kappa shape index (κ1) is 14.1. The van der Waals surface area contributed by atoms with Crippen LogP contribution in [0.25, 0.3) is 0 Å². The van der Waals surface area contributed by atoms with Gasteiger partial charge in [-0.2, -0.15) is 17.4 Å². The van der Waals surface area contributed by atoms with Gasteiger partial charge in [0.25, 0.3) is 10.2 Å². The minimum absolute atomic E-state index is 0.0516. The highest BCUT2D eigenvalue weighted by molar-refractivity contribution is 9.10. The molecule has 7 heteroatoms. The SMILES string of the molecule is CC(C)N(C)S(=O)(=O)NCc1sccc1Br. The van der Waals surface area contributed by atoms with E-state index >= 15 is 0 Å². The van der Waals surface area contributed by atoms with Crippen molar-refractivity contribution in [2.24, 2.45) is 0 Å². The first-order valence-corrected chi connectivity index (χ1v) is 7.90. The Morgan fingerprint density at radius 1 is 1.56 bits per heavy atom. The Labute approximate surface area is 109 Å². The molecular weight excluding hydrogens is 312 g/mol. The van der Waals surface area contributed by atoms with E-state index in [1.165, 1.54) is 15.6 Å². The monoisotopic (exact) mass is 326 g/mol. The molecule has 1 rings (SSSR count). The number of thiophene rings is 1. The summed E-state index contributed by atoms with van der Waals surface area (Å²) in [7, 11) is -1.82. The van der Waals surface area contributed by atoms with Gasteiger partial charge in [0.2, 0.25) is 0 Å². The van der Waals surface area contributed by atoms with E-state index in [4.69, 9.17) is 0 Å². The lowest BCUT2D eigenvalue weighted by Gasteiger charge is -2.21. The molecule has 0 aliphatic carbocycles. The molecule has 1 heterocycles. The molecule has 1 aromatic rings. The van der Waals surface area contributed by atoms with Gasteiger partial charge in [0.05, 0.1) is 0 Å². The summed E-state index contributed by atoms with van der Waals surface area (Å²) in [6.45, 7) is 3.98. The van der Waals surface area contributed by atoms with E-state index in [1.54, 1.807) is 7.05 Å². The average molecular weight is 327 g/mol. The Balaban J connectivity index is 2.65. The maximum atomic E-state index is 11.8. The second-order valence-electron chi connectivity index (χ2n) is 3.63. The van der Waals surface area contributed by atoms with Crippen LogP contribution in [0.2, 0.25) is 0 Å². The van der Waals surface area contributed by atoms with E-state index in [0.717, 1.165) is 9.35 Å². The number of hydrogen-bond donors (Lipinski definition) is 1. The second-order valence-corrected chi connectivity index (χ2v) is 7.30. The fraction of sp³-hybridized carbons (Fsp3) is 0.556. The molecule has 0 saturated heterocycles. The van der Waals surface area contributed by atoms with Gasteiger partial charge in [-0.15, -0.1) is 11.3 Å². The van der Waals surface area contributed by atoms with Gasteiger partial charge in [-0.1, -0.05) is 0 Å². The third-order valence-corrected chi connectivity index (χ3v) is 5.83. The molecule has 0 bridgehead atoms. The Morgan fingerprint density at radius 3 is 2.62 bits per heavy atom. The molecule has 0 atom stereocenters. The van der Waals surface area contributed by atoms with Crippen molar-refractivity contribution in [3.8, 4) is 0 Å². The van der Waals surface area contributed by atoms with Gasteiger partial charge in [0, 0.05) is 29.0 Å². The molecule has 0 aliphatic rings. The van der Waals surface area contributed by atoms with Gasteiger partial charge in [-0.25, -0.2) is 0 Å². The molecule has 0 spiro atoms. The van der Waals surface area contributed by atoms with Gasteiger partial charge >= 0.3 is 0 Å². The van der Waals surface area contributed by atoms with Crippen LogP contribution in [0.1, 0.15) is 18.7 Å². The Morgan fingerprint density at radius 2 is 2.19 bits per heavy atom. The van der Waals surface area contributed by atoms with E-state index in [-0.39, 0.29) is 6.04 Å². The van der Waals surface area contributed by atoms with E-state index in [1.807, 2.05) is 25.3 Å². The highest BCUT2D eigenvalue weighted by Gasteiger charge is 2.20. The van der Waals surface area contributed by atoms with Crippen LogP contribution in [0.4, 0.5) is 0 Å². The van der Waals surface area contributed by atoms with E-state index in [9.17, 15) is 8.42 Å². The summed E-state index contributed by atoms with van der Waals surface area (Å²) >= 11 is 4.88. The van der Waals surface area contributed by atoms with Crippen LogP contribution in [0, 0.1) is 0 Å². The van der Waals surface area contributed by atoms with Crippen LogP contribution in [0.3, 0.4) is 0 Å². The largest absolute Gasteiger partial charge is 0.279 e. The predicted octanol–water partition coefficient (Wildman–Crippen LogP) is 2.19. The Kier molecular flexibility index (Phi) is 4.93. The zero-order valence-corrected chi connectivity index (χ0v) is 12.6. The molecule has 1 aromatic heterocycles. The highest BCUT2D eigenvalue weighted by Crippen LogP contribution is 2.22. The van der Waals surface area contributed by atoms with E-state index in [2.05, 4.69) is 20.7 Å². The van der Waals surface area contributed by atoms with Crippen LogP contribution < -0.4 is 4.72 Å². The fourth-order valence-electron chi connectivity index (χ4n) is 0.987. The quantitative estimate of drug-likeness (QED) is 0.901.